The van der Waals surface area contributed by atoms with Gasteiger partial charge in [0.1, 0.15) is 12.0 Å². The van der Waals surface area contributed by atoms with Crippen LogP contribution in [0, 0.1) is 0 Å². The Hall–Kier alpha value is -1.85. The second-order valence-corrected chi connectivity index (χ2v) is 2.58. The molecule has 0 atom stereocenters. The van der Waals surface area contributed by atoms with Crippen molar-refractivity contribution < 1.29 is 27.5 Å². The first kappa shape index (κ1) is 11.2. The van der Waals surface area contributed by atoms with Crippen molar-refractivity contribution in [2.24, 2.45) is 0 Å². The van der Waals surface area contributed by atoms with E-state index in [0.29, 0.717) is 6.29 Å². The summed E-state index contributed by atoms with van der Waals surface area (Å²) >= 11 is 0. The highest BCUT2D eigenvalue weighted by Gasteiger charge is 2.32. The number of carbonyl (C=O) groups excluding carboxylic acids is 2. The largest absolute Gasteiger partial charge is 0.573 e. The summed E-state index contributed by atoms with van der Waals surface area (Å²) in [4.78, 5) is 20.7. The fourth-order valence-corrected chi connectivity index (χ4v) is 0.950. The van der Waals surface area contributed by atoms with Crippen molar-refractivity contribution >= 4 is 12.6 Å². The number of carbonyl (C=O) groups is 2. The molecule has 0 heterocycles. The predicted octanol–water partition coefficient (Wildman–Crippen LogP) is 2.21. The first-order chi connectivity index (χ1) is 6.96. The van der Waals surface area contributed by atoms with E-state index in [1.54, 1.807) is 0 Å². The number of ether oxygens (including phenoxy) is 1. The van der Waals surface area contributed by atoms with Gasteiger partial charge in [-0.25, -0.2) is 0 Å². The molecule has 0 aliphatic rings. The molecule has 0 saturated carbocycles. The van der Waals surface area contributed by atoms with Crippen molar-refractivity contribution in [2.75, 3.05) is 0 Å². The Kier molecular flexibility index (Phi) is 3.08. The summed E-state index contributed by atoms with van der Waals surface area (Å²) in [6.07, 6.45) is -4.25. The average molecular weight is 218 g/mol. The Morgan fingerprint density at radius 1 is 1.13 bits per heavy atom. The second-order valence-electron chi connectivity index (χ2n) is 2.58. The summed E-state index contributed by atoms with van der Waals surface area (Å²) in [5, 5.41) is 0. The molecule has 0 aliphatic heterocycles. The average Bonchev–Trinajstić information content (AvgIpc) is 2.16. The van der Waals surface area contributed by atoms with Crippen molar-refractivity contribution in [3.8, 4) is 5.75 Å². The Balaban J connectivity index is 3.08. The minimum atomic E-state index is -4.86. The fourth-order valence-electron chi connectivity index (χ4n) is 0.950. The van der Waals surface area contributed by atoms with E-state index in [4.69, 9.17) is 0 Å². The van der Waals surface area contributed by atoms with Gasteiger partial charge in [-0.1, -0.05) is 0 Å². The van der Waals surface area contributed by atoms with Gasteiger partial charge < -0.3 is 4.74 Å². The van der Waals surface area contributed by atoms with Crippen LogP contribution in [-0.4, -0.2) is 18.9 Å². The molecule has 80 valence electrons. The number of hydrogen-bond acceptors (Lipinski definition) is 3. The highest BCUT2D eigenvalue weighted by molar-refractivity contribution is 5.84. The van der Waals surface area contributed by atoms with E-state index < -0.39 is 12.1 Å². The van der Waals surface area contributed by atoms with Crippen LogP contribution in [0.5, 0.6) is 5.75 Å². The van der Waals surface area contributed by atoms with Gasteiger partial charge in [0.2, 0.25) is 0 Å². The molecule has 1 aromatic rings. The van der Waals surface area contributed by atoms with Crippen LogP contribution in [0.2, 0.25) is 0 Å². The van der Waals surface area contributed by atoms with E-state index in [0.717, 1.165) is 18.2 Å². The standard InChI is InChI=1S/C9H5F3O3/c10-9(11,12)15-8-2-1-6(4-13)3-7(8)5-14/h1-5H. The van der Waals surface area contributed by atoms with Gasteiger partial charge in [-0.05, 0) is 18.2 Å². The first-order valence-corrected chi connectivity index (χ1v) is 3.76. The number of hydrogen-bond donors (Lipinski definition) is 0. The summed E-state index contributed by atoms with van der Waals surface area (Å²) in [5.74, 6) is -0.622. The third kappa shape index (κ3) is 3.08. The van der Waals surface area contributed by atoms with Crippen LogP contribution in [0.25, 0.3) is 0 Å². The molecule has 0 bridgehead atoms. The lowest BCUT2D eigenvalue weighted by atomic mass is 10.1. The SMILES string of the molecule is O=Cc1ccc(OC(F)(F)F)c(C=O)c1. The molecule has 0 spiro atoms. The van der Waals surface area contributed by atoms with Crippen LogP contribution in [0.1, 0.15) is 20.7 Å². The third-order valence-corrected chi connectivity index (χ3v) is 1.52. The molecule has 0 amide bonds. The van der Waals surface area contributed by atoms with Crippen molar-refractivity contribution in [1.29, 1.82) is 0 Å². The van der Waals surface area contributed by atoms with Crippen LogP contribution in [-0.2, 0) is 0 Å². The maximum Gasteiger partial charge on any atom is 0.573 e. The summed E-state index contributed by atoms with van der Waals surface area (Å²) in [6.45, 7) is 0. The smallest absolute Gasteiger partial charge is 0.405 e. The topological polar surface area (TPSA) is 43.4 Å². The Morgan fingerprint density at radius 2 is 1.80 bits per heavy atom. The minimum absolute atomic E-state index is 0.103. The van der Waals surface area contributed by atoms with Crippen LogP contribution in [0.3, 0.4) is 0 Å². The van der Waals surface area contributed by atoms with Gasteiger partial charge in [0.05, 0.1) is 5.56 Å². The molecule has 0 radical (unpaired) electrons. The maximum absolute atomic E-state index is 11.8. The molecule has 1 aromatic carbocycles. The molecular weight excluding hydrogens is 213 g/mol. The zero-order chi connectivity index (χ0) is 11.5. The van der Waals surface area contributed by atoms with Crippen molar-refractivity contribution in [3.63, 3.8) is 0 Å². The van der Waals surface area contributed by atoms with Gasteiger partial charge in [-0.3, -0.25) is 9.59 Å². The molecular formula is C9H5F3O3. The Morgan fingerprint density at radius 3 is 2.27 bits per heavy atom. The molecule has 0 N–H and O–H groups in total. The molecule has 0 unspecified atom stereocenters. The lowest BCUT2D eigenvalue weighted by Gasteiger charge is -2.10. The molecule has 6 heteroatoms. The summed E-state index contributed by atoms with van der Waals surface area (Å²) in [7, 11) is 0. The lowest BCUT2D eigenvalue weighted by molar-refractivity contribution is -0.274. The van der Waals surface area contributed by atoms with Crippen molar-refractivity contribution in [3.05, 3.63) is 29.3 Å². The molecule has 3 nitrogen and oxygen atoms in total. The number of aldehydes is 2. The third-order valence-electron chi connectivity index (χ3n) is 1.52. The van der Waals surface area contributed by atoms with Crippen LogP contribution >= 0.6 is 0 Å². The van der Waals surface area contributed by atoms with Gasteiger partial charge in [0, 0.05) is 5.56 Å². The second kappa shape index (κ2) is 4.12. The molecule has 0 saturated heterocycles. The van der Waals surface area contributed by atoms with Gasteiger partial charge >= 0.3 is 6.36 Å². The summed E-state index contributed by atoms with van der Waals surface area (Å²) in [5.41, 5.74) is -0.219. The zero-order valence-electron chi connectivity index (χ0n) is 7.25. The number of halogens is 3. The van der Waals surface area contributed by atoms with Crippen LogP contribution < -0.4 is 4.74 Å². The fraction of sp³-hybridized carbons (Fsp3) is 0.111. The van der Waals surface area contributed by atoms with Crippen molar-refractivity contribution in [2.45, 2.75) is 6.36 Å². The van der Waals surface area contributed by atoms with Gasteiger partial charge in [0.15, 0.2) is 6.29 Å². The number of benzene rings is 1. The number of rotatable bonds is 3. The van der Waals surface area contributed by atoms with Crippen molar-refractivity contribution in [1.82, 2.24) is 0 Å². The van der Waals surface area contributed by atoms with Gasteiger partial charge in [-0.15, -0.1) is 13.2 Å². The maximum atomic E-state index is 11.8. The quantitative estimate of drug-likeness (QED) is 0.730. The molecule has 0 aromatic heterocycles. The zero-order valence-corrected chi connectivity index (χ0v) is 7.25. The summed E-state index contributed by atoms with van der Waals surface area (Å²) in [6, 6.07) is 3.06. The van der Waals surface area contributed by atoms with Gasteiger partial charge in [0.25, 0.3) is 0 Å². The van der Waals surface area contributed by atoms with E-state index in [9.17, 15) is 22.8 Å². The molecule has 0 fully saturated rings. The van der Waals surface area contributed by atoms with Crippen LogP contribution in [0.4, 0.5) is 13.2 Å². The molecule has 15 heavy (non-hydrogen) atoms. The highest BCUT2D eigenvalue weighted by atomic mass is 19.4. The molecule has 1 rings (SSSR count). The van der Waals surface area contributed by atoms with E-state index in [-0.39, 0.29) is 17.4 Å². The Labute approximate surface area is 82.5 Å². The van der Waals surface area contributed by atoms with Crippen LogP contribution in [0.15, 0.2) is 18.2 Å². The summed E-state index contributed by atoms with van der Waals surface area (Å²) < 4.78 is 39.1. The minimum Gasteiger partial charge on any atom is -0.405 e. The highest BCUT2D eigenvalue weighted by Crippen LogP contribution is 2.25. The normalized spacial score (nSPS) is 10.9. The van der Waals surface area contributed by atoms with E-state index in [1.165, 1.54) is 0 Å². The number of alkyl halides is 3. The van der Waals surface area contributed by atoms with E-state index in [2.05, 4.69) is 4.74 Å². The van der Waals surface area contributed by atoms with E-state index >= 15 is 0 Å². The Bertz CT molecular complexity index is 385. The molecule has 0 aliphatic carbocycles. The lowest BCUT2D eigenvalue weighted by Crippen LogP contribution is -2.18. The van der Waals surface area contributed by atoms with E-state index in [1.807, 2.05) is 0 Å². The van der Waals surface area contributed by atoms with Gasteiger partial charge in [-0.2, -0.15) is 0 Å². The predicted molar refractivity (Wildman–Crippen MR) is 43.9 cm³/mol. The monoisotopic (exact) mass is 218 g/mol. The first-order valence-electron chi connectivity index (χ1n) is 3.76.